The largest absolute Gasteiger partial charge is 0.497 e. The van der Waals surface area contributed by atoms with Crippen molar-refractivity contribution in [3.63, 3.8) is 0 Å². The smallest absolute Gasteiger partial charge is 0.161 e. The molecule has 0 saturated carbocycles. The fourth-order valence-electron chi connectivity index (χ4n) is 3.64. The number of fused-ring (bicyclic) bond motifs is 1. The van der Waals surface area contributed by atoms with Gasteiger partial charge in [-0.25, -0.2) is 4.99 Å². The predicted molar refractivity (Wildman–Crippen MR) is 131 cm³/mol. The Morgan fingerprint density at radius 3 is 2.18 bits per heavy atom. The number of nitrogens with zero attached hydrogens (tertiary/aromatic N) is 1. The average molecular weight is 462 g/mol. The van der Waals surface area contributed by atoms with Gasteiger partial charge in [-0.1, -0.05) is 0 Å². The van der Waals surface area contributed by atoms with E-state index in [1.165, 1.54) is 0 Å². The summed E-state index contributed by atoms with van der Waals surface area (Å²) in [5.41, 5.74) is 2.16. The van der Waals surface area contributed by atoms with Crippen LogP contribution in [0.4, 0.5) is 5.69 Å². The molecule has 0 atom stereocenters. The number of rotatable bonds is 8. The summed E-state index contributed by atoms with van der Waals surface area (Å²) in [4.78, 5) is 4.93. The fourth-order valence-corrected chi connectivity index (χ4v) is 3.64. The molecular formula is C27H27NO6. The monoisotopic (exact) mass is 461 g/mol. The SMILES string of the molecule is CCOc1ccc2oc(-c3ccc(OC)c(OC)c3)cc(=Nc3ccc(OC)cc3OC)c2c1. The van der Waals surface area contributed by atoms with Crippen LogP contribution < -0.4 is 29.0 Å². The number of hydrogen-bond donors (Lipinski definition) is 0. The summed E-state index contributed by atoms with van der Waals surface area (Å²) in [7, 11) is 6.43. The average Bonchev–Trinajstić information content (AvgIpc) is 2.88. The second-order valence-electron chi connectivity index (χ2n) is 7.31. The molecule has 0 saturated heterocycles. The minimum atomic E-state index is 0.561. The predicted octanol–water partition coefficient (Wildman–Crippen LogP) is 5.77. The van der Waals surface area contributed by atoms with E-state index in [1.807, 2.05) is 61.5 Å². The normalized spacial score (nSPS) is 11.4. The lowest BCUT2D eigenvalue weighted by molar-refractivity contribution is 0.340. The van der Waals surface area contributed by atoms with Crippen LogP contribution in [0, 0.1) is 0 Å². The maximum absolute atomic E-state index is 6.26. The molecular weight excluding hydrogens is 434 g/mol. The van der Waals surface area contributed by atoms with Gasteiger partial charge in [-0.05, 0) is 55.5 Å². The molecule has 0 spiro atoms. The van der Waals surface area contributed by atoms with Crippen LogP contribution in [-0.2, 0) is 0 Å². The van der Waals surface area contributed by atoms with E-state index in [-0.39, 0.29) is 0 Å². The molecule has 3 aromatic carbocycles. The third-order valence-electron chi connectivity index (χ3n) is 5.32. The van der Waals surface area contributed by atoms with E-state index >= 15 is 0 Å². The van der Waals surface area contributed by atoms with E-state index in [9.17, 15) is 0 Å². The molecule has 0 amide bonds. The van der Waals surface area contributed by atoms with Crippen molar-refractivity contribution in [2.45, 2.75) is 6.92 Å². The van der Waals surface area contributed by atoms with Gasteiger partial charge in [0.05, 0.1) is 40.4 Å². The summed E-state index contributed by atoms with van der Waals surface area (Å²) < 4.78 is 33.7. The lowest BCUT2D eigenvalue weighted by Gasteiger charge is -2.11. The van der Waals surface area contributed by atoms with Crippen molar-refractivity contribution in [1.82, 2.24) is 0 Å². The highest BCUT2D eigenvalue weighted by molar-refractivity contribution is 5.80. The zero-order valence-corrected chi connectivity index (χ0v) is 19.9. The van der Waals surface area contributed by atoms with Crippen molar-refractivity contribution < 1.29 is 28.1 Å². The van der Waals surface area contributed by atoms with Crippen molar-refractivity contribution in [2.24, 2.45) is 4.99 Å². The number of benzene rings is 3. The summed E-state index contributed by atoms with van der Waals surface area (Å²) in [6.07, 6.45) is 0. The molecule has 0 aliphatic carbocycles. The Morgan fingerprint density at radius 1 is 0.706 bits per heavy atom. The van der Waals surface area contributed by atoms with Gasteiger partial charge in [0.15, 0.2) is 11.5 Å². The van der Waals surface area contributed by atoms with E-state index in [0.29, 0.717) is 52.0 Å². The van der Waals surface area contributed by atoms with Gasteiger partial charge in [0.2, 0.25) is 0 Å². The van der Waals surface area contributed by atoms with Gasteiger partial charge in [-0.3, -0.25) is 0 Å². The minimum Gasteiger partial charge on any atom is -0.497 e. The molecule has 4 aromatic rings. The molecule has 0 fully saturated rings. The Balaban J connectivity index is 1.97. The van der Waals surface area contributed by atoms with Crippen LogP contribution in [-0.4, -0.2) is 35.0 Å². The number of hydrogen-bond acceptors (Lipinski definition) is 7. The molecule has 0 radical (unpaired) electrons. The Hall–Kier alpha value is -4.13. The molecule has 4 rings (SSSR count). The van der Waals surface area contributed by atoms with Crippen LogP contribution in [0.15, 0.2) is 70.1 Å². The van der Waals surface area contributed by atoms with Crippen LogP contribution in [0.2, 0.25) is 0 Å². The first kappa shape index (κ1) is 23.0. The van der Waals surface area contributed by atoms with Crippen molar-refractivity contribution in [1.29, 1.82) is 0 Å². The van der Waals surface area contributed by atoms with Gasteiger partial charge in [0.1, 0.15) is 34.3 Å². The Labute approximate surface area is 198 Å². The summed E-state index contributed by atoms with van der Waals surface area (Å²) in [5.74, 6) is 3.90. The summed E-state index contributed by atoms with van der Waals surface area (Å²) >= 11 is 0. The van der Waals surface area contributed by atoms with Gasteiger partial charge >= 0.3 is 0 Å². The van der Waals surface area contributed by atoms with E-state index in [1.54, 1.807) is 34.5 Å². The first-order valence-corrected chi connectivity index (χ1v) is 10.8. The first-order chi connectivity index (χ1) is 16.6. The molecule has 0 N–H and O–H groups in total. The van der Waals surface area contributed by atoms with Crippen LogP contribution >= 0.6 is 0 Å². The molecule has 1 aromatic heterocycles. The Bertz CT molecular complexity index is 1380. The summed E-state index contributed by atoms with van der Waals surface area (Å²) in [6.45, 7) is 2.51. The van der Waals surface area contributed by atoms with Crippen molar-refractivity contribution in [3.05, 3.63) is 66.0 Å². The Kier molecular flexibility index (Phi) is 6.92. The highest BCUT2D eigenvalue weighted by Gasteiger charge is 2.12. The lowest BCUT2D eigenvalue weighted by Crippen LogP contribution is -2.04. The van der Waals surface area contributed by atoms with Crippen LogP contribution in [0.3, 0.4) is 0 Å². The third-order valence-corrected chi connectivity index (χ3v) is 5.32. The first-order valence-electron chi connectivity index (χ1n) is 10.8. The van der Waals surface area contributed by atoms with Gasteiger partial charge in [0, 0.05) is 23.1 Å². The van der Waals surface area contributed by atoms with E-state index in [4.69, 9.17) is 33.1 Å². The van der Waals surface area contributed by atoms with Gasteiger partial charge in [-0.2, -0.15) is 0 Å². The molecule has 0 unspecified atom stereocenters. The quantitative estimate of drug-likeness (QED) is 0.332. The maximum atomic E-state index is 6.26. The van der Waals surface area contributed by atoms with Crippen LogP contribution in [0.1, 0.15) is 6.92 Å². The van der Waals surface area contributed by atoms with Gasteiger partial charge < -0.3 is 28.1 Å². The van der Waals surface area contributed by atoms with Crippen molar-refractivity contribution >= 4 is 16.7 Å². The summed E-state index contributed by atoms with van der Waals surface area (Å²) in [5, 5.41) is 1.52. The van der Waals surface area contributed by atoms with E-state index in [2.05, 4.69) is 0 Å². The molecule has 1 heterocycles. The van der Waals surface area contributed by atoms with Crippen molar-refractivity contribution in [2.75, 3.05) is 35.0 Å². The molecule has 0 aliphatic rings. The van der Waals surface area contributed by atoms with Crippen LogP contribution in [0.25, 0.3) is 22.3 Å². The second kappa shape index (κ2) is 10.2. The molecule has 34 heavy (non-hydrogen) atoms. The third kappa shape index (κ3) is 4.64. The molecule has 7 nitrogen and oxygen atoms in total. The summed E-state index contributed by atoms with van der Waals surface area (Å²) in [6, 6.07) is 18.7. The lowest BCUT2D eigenvalue weighted by atomic mass is 10.1. The van der Waals surface area contributed by atoms with E-state index < -0.39 is 0 Å². The topological polar surface area (TPSA) is 71.7 Å². The standard InChI is InChI=1S/C27H27NO6/c1-6-33-19-9-12-23-20(14-19)22(28-21-10-8-18(29-2)15-26(21)31-4)16-25(34-23)17-7-11-24(30-3)27(13-17)32-5/h7-16H,6H2,1-5H3. The fraction of sp³-hybridized carbons (Fsp3) is 0.222. The van der Waals surface area contributed by atoms with Gasteiger partial charge in [-0.15, -0.1) is 0 Å². The van der Waals surface area contributed by atoms with E-state index in [0.717, 1.165) is 16.7 Å². The highest BCUT2D eigenvalue weighted by Crippen LogP contribution is 2.34. The zero-order valence-electron chi connectivity index (χ0n) is 19.9. The second-order valence-corrected chi connectivity index (χ2v) is 7.31. The number of ether oxygens (including phenoxy) is 5. The van der Waals surface area contributed by atoms with Crippen molar-refractivity contribution in [3.8, 4) is 40.1 Å². The van der Waals surface area contributed by atoms with Crippen LogP contribution in [0.5, 0.6) is 28.7 Å². The zero-order chi connectivity index (χ0) is 24.1. The minimum absolute atomic E-state index is 0.561. The molecule has 176 valence electrons. The molecule has 0 bridgehead atoms. The molecule has 0 aliphatic heterocycles. The number of methoxy groups -OCH3 is 4. The molecule has 7 heteroatoms. The van der Waals surface area contributed by atoms with Gasteiger partial charge in [0.25, 0.3) is 0 Å². The Morgan fingerprint density at radius 2 is 1.47 bits per heavy atom. The maximum Gasteiger partial charge on any atom is 0.161 e. The highest BCUT2D eigenvalue weighted by atomic mass is 16.5.